The molecule has 0 bridgehead atoms. The Kier molecular flexibility index (Phi) is 8.30. The number of ether oxygens (including phenoxy) is 1. The Morgan fingerprint density at radius 3 is 1.69 bits per heavy atom. The number of aliphatic hydroxyl groups is 6. The summed E-state index contributed by atoms with van der Waals surface area (Å²) in [6, 6.07) is 0. The summed E-state index contributed by atoms with van der Waals surface area (Å²) in [6.07, 6.45) is 17.8. The molecule has 0 aromatic rings. The summed E-state index contributed by atoms with van der Waals surface area (Å²) in [7, 11) is 0. The van der Waals surface area contributed by atoms with Crippen molar-refractivity contribution in [1.29, 1.82) is 0 Å². The van der Waals surface area contributed by atoms with Crippen LogP contribution in [0, 0.1) is 63.1 Å². The molecule has 49 heavy (non-hydrogen) atoms. The first kappa shape index (κ1) is 34.8. The van der Waals surface area contributed by atoms with Crippen molar-refractivity contribution in [3.63, 3.8) is 0 Å². The third-order valence-electron chi connectivity index (χ3n) is 15.3. The van der Waals surface area contributed by atoms with Crippen LogP contribution in [0.2, 0.25) is 0 Å². The number of carbonyl (C=O) groups is 1. The Bertz CT molecular complexity index is 1570. The van der Waals surface area contributed by atoms with E-state index in [4.69, 9.17) is 4.74 Å². The first-order valence-electron chi connectivity index (χ1n) is 18.5. The van der Waals surface area contributed by atoms with E-state index in [2.05, 4.69) is 46.8 Å². The van der Waals surface area contributed by atoms with Crippen LogP contribution in [-0.2, 0) is 9.53 Å². The first-order chi connectivity index (χ1) is 22.9. The van der Waals surface area contributed by atoms with Crippen LogP contribution in [0.3, 0.4) is 0 Å². The van der Waals surface area contributed by atoms with Gasteiger partial charge in [0.25, 0.3) is 0 Å². The smallest absolute Gasteiger partial charge is 0.303 e. The highest BCUT2D eigenvalue weighted by molar-refractivity contribution is 5.66. The molecule has 6 N–H and O–H groups in total. The van der Waals surface area contributed by atoms with Crippen LogP contribution >= 0.6 is 0 Å². The fourth-order valence-electron chi connectivity index (χ4n) is 12.6. The van der Waals surface area contributed by atoms with Gasteiger partial charge in [-0.15, -0.1) is 0 Å². The average molecular weight is 677 g/mol. The maximum absolute atomic E-state index is 11.5. The minimum Gasteiger partial charge on any atom is -0.508 e. The van der Waals surface area contributed by atoms with E-state index in [1.807, 2.05) is 12.2 Å². The van der Waals surface area contributed by atoms with E-state index >= 15 is 0 Å². The van der Waals surface area contributed by atoms with E-state index in [9.17, 15) is 35.4 Å². The SMILES string of the molecule is CC(=O)O[C@H]1[C@H](O)CC2C3C(CC[C@@]21C)[C@@]1(C)C=CC(O)=CC1=C[C@@H]3O.C[C@@H]1CC2C3C(CC[C@]2(C)[C@H]1O)[C@@]1(C)C=CC(O)=CC1=C[C@@H]3O. The average Bonchev–Trinajstić information content (AvgIpc) is 3.42. The van der Waals surface area contributed by atoms with Crippen molar-refractivity contribution >= 4 is 5.97 Å². The molecule has 0 saturated heterocycles. The van der Waals surface area contributed by atoms with Gasteiger partial charge in [-0.25, -0.2) is 0 Å². The van der Waals surface area contributed by atoms with Crippen LogP contribution < -0.4 is 0 Å². The molecule has 8 heteroatoms. The highest BCUT2D eigenvalue weighted by Crippen LogP contribution is 2.66. The van der Waals surface area contributed by atoms with Crippen LogP contribution in [0.4, 0.5) is 0 Å². The van der Waals surface area contributed by atoms with Crippen LogP contribution in [-0.4, -0.2) is 67.1 Å². The molecule has 268 valence electrons. The Morgan fingerprint density at radius 2 is 1.20 bits per heavy atom. The van der Waals surface area contributed by atoms with Crippen molar-refractivity contribution < 1.29 is 40.2 Å². The van der Waals surface area contributed by atoms with Crippen molar-refractivity contribution in [2.45, 2.75) is 111 Å². The van der Waals surface area contributed by atoms with E-state index in [1.165, 1.54) is 6.92 Å². The molecular formula is C41H56O8. The number of rotatable bonds is 1. The van der Waals surface area contributed by atoms with Gasteiger partial charge in [-0.3, -0.25) is 4.79 Å². The summed E-state index contributed by atoms with van der Waals surface area (Å²) in [5.74, 6) is 1.65. The van der Waals surface area contributed by atoms with E-state index in [-0.39, 0.29) is 68.9 Å². The number of hydrogen-bond donors (Lipinski definition) is 6. The van der Waals surface area contributed by atoms with Crippen LogP contribution in [0.1, 0.15) is 80.1 Å². The van der Waals surface area contributed by atoms with Gasteiger partial charge in [0.05, 0.1) is 24.4 Å². The molecule has 4 saturated carbocycles. The van der Waals surface area contributed by atoms with Gasteiger partial charge in [-0.1, -0.05) is 58.9 Å². The summed E-state index contributed by atoms with van der Waals surface area (Å²) in [5.41, 5.74) is 1.26. The summed E-state index contributed by atoms with van der Waals surface area (Å²) < 4.78 is 5.51. The maximum Gasteiger partial charge on any atom is 0.303 e. The summed E-state index contributed by atoms with van der Waals surface area (Å²) in [5, 5.41) is 62.8. The minimum atomic E-state index is -0.691. The number of aliphatic hydroxyl groups excluding tert-OH is 6. The zero-order chi connectivity index (χ0) is 35.4. The largest absolute Gasteiger partial charge is 0.508 e. The van der Waals surface area contributed by atoms with Gasteiger partial charge in [-0.2, -0.15) is 0 Å². The summed E-state index contributed by atoms with van der Waals surface area (Å²) in [6.45, 7) is 12.2. The number of carbonyl (C=O) groups excluding carboxylic acids is 1. The zero-order valence-corrected chi connectivity index (χ0v) is 29.8. The van der Waals surface area contributed by atoms with Gasteiger partial charge in [0.15, 0.2) is 0 Å². The van der Waals surface area contributed by atoms with Crippen molar-refractivity contribution in [3.8, 4) is 0 Å². The lowest BCUT2D eigenvalue weighted by Gasteiger charge is -2.56. The third-order valence-corrected chi connectivity index (χ3v) is 15.3. The molecule has 0 aliphatic heterocycles. The number of fused-ring (bicyclic) bond motifs is 10. The van der Waals surface area contributed by atoms with Crippen LogP contribution in [0.25, 0.3) is 0 Å². The van der Waals surface area contributed by atoms with Crippen LogP contribution in [0.15, 0.2) is 71.3 Å². The standard InChI is InChI=1S/C21H28O5.C20H28O3/c1-11(22)26-19-17(25)10-15-18-14(5-7-21(15,19)3)20(2)6-4-13(23)8-12(20)9-16(18)24;1-11-8-15-17-14(5-7-20(15,3)18(11)23)19(2)6-4-13(21)9-12(19)10-16(17)22/h4,6,8-9,14-19,23-25H,5,7,10H2,1-3H3;4,6,9-11,14-18,21-23H,5,7-8H2,1-3H3/t14?,15?,16-,17+,18?,19-,20-,21-;11-,14?,15?,16+,17?,18+,19+,20+/m01/s1. The summed E-state index contributed by atoms with van der Waals surface area (Å²) in [4.78, 5) is 11.5. The van der Waals surface area contributed by atoms with E-state index in [0.717, 1.165) is 43.3 Å². The van der Waals surface area contributed by atoms with E-state index in [1.54, 1.807) is 24.3 Å². The van der Waals surface area contributed by atoms with E-state index < -0.39 is 24.4 Å². The van der Waals surface area contributed by atoms with E-state index in [0.29, 0.717) is 24.2 Å². The molecular weight excluding hydrogens is 620 g/mol. The van der Waals surface area contributed by atoms with Gasteiger partial charge >= 0.3 is 5.97 Å². The molecule has 0 spiro atoms. The number of esters is 1. The van der Waals surface area contributed by atoms with Crippen molar-refractivity contribution in [3.05, 3.63) is 71.3 Å². The lowest BCUT2D eigenvalue weighted by molar-refractivity contribution is -0.164. The second-order valence-corrected chi connectivity index (χ2v) is 17.8. The highest BCUT2D eigenvalue weighted by Gasteiger charge is 2.64. The highest BCUT2D eigenvalue weighted by atomic mass is 16.6. The first-order valence-corrected chi connectivity index (χ1v) is 18.5. The van der Waals surface area contributed by atoms with Gasteiger partial charge in [0.2, 0.25) is 0 Å². The second kappa shape index (κ2) is 11.7. The predicted octanol–water partition coefficient (Wildman–Crippen LogP) is 6.01. The van der Waals surface area contributed by atoms with Gasteiger partial charge in [0, 0.05) is 23.2 Å². The lowest BCUT2D eigenvalue weighted by atomic mass is 9.49. The third kappa shape index (κ3) is 5.09. The Labute approximate surface area is 290 Å². The molecule has 0 aromatic carbocycles. The number of allylic oxidation sites excluding steroid dienone is 8. The fraction of sp³-hybridized carbons (Fsp3) is 0.683. The lowest BCUT2D eigenvalue weighted by Crippen LogP contribution is -2.54. The molecule has 8 aliphatic carbocycles. The minimum absolute atomic E-state index is 0.00370. The van der Waals surface area contributed by atoms with Crippen molar-refractivity contribution in [2.75, 3.05) is 0 Å². The van der Waals surface area contributed by atoms with Gasteiger partial charge < -0.3 is 35.4 Å². The van der Waals surface area contributed by atoms with Crippen LogP contribution in [0.5, 0.6) is 0 Å². The molecule has 6 unspecified atom stereocenters. The molecule has 0 aromatic heterocycles. The zero-order valence-electron chi connectivity index (χ0n) is 29.8. The molecule has 0 amide bonds. The Hall–Kier alpha value is -2.65. The fourth-order valence-corrected chi connectivity index (χ4v) is 12.6. The molecule has 8 aliphatic rings. The Morgan fingerprint density at radius 1 is 0.735 bits per heavy atom. The second-order valence-electron chi connectivity index (χ2n) is 17.8. The molecule has 16 atom stereocenters. The Balaban J connectivity index is 0.000000155. The summed E-state index contributed by atoms with van der Waals surface area (Å²) >= 11 is 0. The molecule has 4 fully saturated rings. The van der Waals surface area contributed by atoms with Gasteiger partial charge in [-0.05, 0) is 121 Å². The normalized spacial score (nSPS) is 51.9. The van der Waals surface area contributed by atoms with Gasteiger partial charge in [0.1, 0.15) is 17.6 Å². The topological polar surface area (TPSA) is 148 Å². The quantitative estimate of drug-likeness (QED) is 0.185. The van der Waals surface area contributed by atoms with Crippen molar-refractivity contribution in [2.24, 2.45) is 63.1 Å². The molecule has 8 rings (SSSR count). The molecule has 8 nitrogen and oxygen atoms in total. The maximum atomic E-state index is 11.5. The molecule has 0 heterocycles. The van der Waals surface area contributed by atoms with Crippen molar-refractivity contribution in [1.82, 2.24) is 0 Å². The number of hydrogen-bond acceptors (Lipinski definition) is 8. The monoisotopic (exact) mass is 676 g/mol. The molecule has 0 radical (unpaired) electrons. The predicted molar refractivity (Wildman–Crippen MR) is 186 cm³/mol.